The molecule has 1 aliphatic rings. The van der Waals surface area contributed by atoms with Gasteiger partial charge in [0.25, 0.3) is 5.91 Å². The average molecular weight is 500 g/mol. The van der Waals surface area contributed by atoms with Crippen LogP contribution in [0, 0.1) is 11.6 Å². The summed E-state index contributed by atoms with van der Waals surface area (Å²) in [4.78, 5) is 25.3. The lowest BCUT2D eigenvalue weighted by Gasteiger charge is -2.28. The number of benzene rings is 3. The molecule has 0 bridgehead atoms. The first-order valence-electron chi connectivity index (χ1n) is 10.8. The van der Waals surface area contributed by atoms with Crippen LogP contribution in [0.4, 0.5) is 8.78 Å². The Kier molecular flexibility index (Phi) is 6.95. The van der Waals surface area contributed by atoms with Gasteiger partial charge >= 0.3 is 0 Å². The van der Waals surface area contributed by atoms with Crippen LogP contribution in [0.1, 0.15) is 33.1 Å². The van der Waals surface area contributed by atoms with Crippen LogP contribution in [-0.2, 0) is 27.8 Å². The fourth-order valence-corrected chi connectivity index (χ4v) is 5.44. The minimum atomic E-state index is -3.89. The summed E-state index contributed by atoms with van der Waals surface area (Å²) in [5, 5.41) is 4.84. The molecule has 0 saturated carbocycles. The van der Waals surface area contributed by atoms with Crippen molar-refractivity contribution in [3.63, 3.8) is 0 Å². The number of carbonyl (C=O) groups excluding carboxylic acids is 2. The van der Waals surface area contributed by atoms with Crippen molar-refractivity contribution in [1.82, 2.24) is 14.9 Å². The van der Waals surface area contributed by atoms with E-state index in [1.165, 1.54) is 41.7 Å². The van der Waals surface area contributed by atoms with Gasteiger partial charge in [0.15, 0.2) is 11.6 Å². The Labute approximate surface area is 201 Å². The van der Waals surface area contributed by atoms with Crippen molar-refractivity contribution in [3.05, 3.63) is 101 Å². The van der Waals surface area contributed by atoms with Crippen molar-refractivity contribution in [2.45, 2.75) is 23.9 Å². The van der Waals surface area contributed by atoms with Gasteiger partial charge < -0.3 is 10.6 Å². The van der Waals surface area contributed by atoms with Crippen LogP contribution in [-0.4, -0.2) is 38.1 Å². The fraction of sp³-hybridized carbons (Fsp3) is 0.200. The highest BCUT2D eigenvalue weighted by molar-refractivity contribution is 7.89. The molecule has 10 heteroatoms. The molecule has 1 aliphatic heterocycles. The van der Waals surface area contributed by atoms with Gasteiger partial charge in [-0.15, -0.1) is 0 Å². The number of amides is 2. The predicted molar refractivity (Wildman–Crippen MR) is 125 cm³/mol. The van der Waals surface area contributed by atoms with Crippen molar-refractivity contribution < 1.29 is 26.8 Å². The summed E-state index contributed by atoms with van der Waals surface area (Å²) < 4.78 is 55.0. The van der Waals surface area contributed by atoms with E-state index in [1.54, 1.807) is 0 Å². The third-order valence-corrected chi connectivity index (χ3v) is 7.73. The number of fused-ring (bicyclic) bond motifs is 1. The molecule has 1 heterocycles. The maximum absolute atomic E-state index is 13.7. The SMILES string of the molecule is CNC(=O)C(NC(=O)c1cccc(S(=O)(=O)N2CCc3ccccc3C2)c1)c1ccc(F)c(F)c1. The highest BCUT2D eigenvalue weighted by Gasteiger charge is 2.29. The van der Waals surface area contributed by atoms with Gasteiger partial charge in [-0.05, 0) is 53.4 Å². The molecule has 35 heavy (non-hydrogen) atoms. The monoisotopic (exact) mass is 499 g/mol. The molecular weight excluding hydrogens is 476 g/mol. The molecule has 7 nitrogen and oxygen atoms in total. The van der Waals surface area contributed by atoms with E-state index in [0.29, 0.717) is 13.0 Å². The van der Waals surface area contributed by atoms with Gasteiger partial charge in [0.1, 0.15) is 6.04 Å². The van der Waals surface area contributed by atoms with Gasteiger partial charge in [-0.2, -0.15) is 4.31 Å². The average Bonchev–Trinajstić information content (AvgIpc) is 2.88. The molecule has 2 amide bonds. The van der Waals surface area contributed by atoms with E-state index < -0.39 is 39.5 Å². The highest BCUT2D eigenvalue weighted by atomic mass is 32.2. The molecule has 1 unspecified atom stereocenters. The first-order chi connectivity index (χ1) is 16.7. The smallest absolute Gasteiger partial charge is 0.252 e. The summed E-state index contributed by atoms with van der Waals surface area (Å²) in [6.45, 7) is 0.536. The first kappa shape index (κ1) is 24.5. The van der Waals surface area contributed by atoms with E-state index >= 15 is 0 Å². The van der Waals surface area contributed by atoms with Crippen molar-refractivity contribution in [2.75, 3.05) is 13.6 Å². The lowest BCUT2D eigenvalue weighted by Crippen LogP contribution is -2.39. The lowest BCUT2D eigenvalue weighted by molar-refractivity contribution is -0.122. The molecule has 0 aromatic heterocycles. The first-order valence-corrected chi connectivity index (χ1v) is 12.3. The Bertz CT molecular complexity index is 1390. The van der Waals surface area contributed by atoms with E-state index in [-0.39, 0.29) is 22.6 Å². The van der Waals surface area contributed by atoms with Crippen LogP contribution in [0.2, 0.25) is 0 Å². The van der Waals surface area contributed by atoms with Crippen LogP contribution in [0.15, 0.2) is 71.6 Å². The molecule has 0 radical (unpaired) electrons. The molecule has 1 atom stereocenters. The number of sulfonamides is 1. The van der Waals surface area contributed by atoms with Crippen molar-refractivity contribution in [1.29, 1.82) is 0 Å². The van der Waals surface area contributed by atoms with Crippen LogP contribution in [0.5, 0.6) is 0 Å². The number of hydrogen-bond acceptors (Lipinski definition) is 4. The number of rotatable bonds is 6. The van der Waals surface area contributed by atoms with Gasteiger partial charge in [0, 0.05) is 25.7 Å². The van der Waals surface area contributed by atoms with E-state index in [9.17, 15) is 26.8 Å². The highest BCUT2D eigenvalue weighted by Crippen LogP contribution is 2.26. The van der Waals surface area contributed by atoms with Crippen molar-refractivity contribution in [2.24, 2.45) is 0 Å². The number of carbonyl (C=O) groups is 2. The maximum Gasteiger partial charge on any atom is 0.252 e. The number of hydrogen-bond donors (Lipinski definition) is 2. The lowest BCUT2D eigenvalue weighted by atomic mass is 10.0. The Morgan fingerprint density at radius 1 is 0.943 bits per heavy atom. The minimum absolute atomic E-state index is 0.0000266. The second-order valence-corrected chi connectivity index (χ2v) is 10.0. The van der Waals surface area contributed by atoms with Crippen LogP contribution < -0.4 is 10.6 Å². The zero-order chi connectivity index (χ0) is 25.2. The van der Waals surface area contributed by atoms with Gasteiger partial charge in [0.05, 0.1) is 4.90 Å². The van der Waals surface area contributed by atoms with E-state index in [2.05, 4.69) is 10.6 Å². The summed E-state index contributed by atoms with van der Waals surface area (Å²) in [6.07, 6.45) is 0.581. The normalized spacial score (nSPS) is 14.6. The van der Waals surface area contributed by atoms with Crippen LogP contribution >= 0.6 is 0 Å². The van der Waals surface area contributed by atoms with Crippen molar-refractivity contribution >= 4 is 21.8 Å². The summed E-state index contributed by atoms with van der Waals surface area (Å²) in [7, 11) is -2.55. The van der Waals surface area contributed by atoms with Crippen LogP contribution in [0.3, 0.4) is 0 Å². The van der Waals surface area contributed by atoms with Gasteiger partial charge in [-0.1, -0.05) is 36.4 Å². The summed E-state index contributed by atoms with van der Waals surface area (Å²) >= 11 is 0. The third-order valence-electron chi connectivity index (χ3n) is 5.89. The second kappa shape index (κ2) is 9.93. The zero-order valence-corrected chi connectivity index (χ0v) is 19.6. The topological polar surface area (TPSA) is 95.6 Å². The zero-order valence-electron chi connectivity index (χ0n) is 18.8. The van der Waals surface area contributed by atoms with Gasteiger partial charge in [-0.3, -0.25) is 9.59 Å². The molecule has 4 rings (SSSR count). The van der Waals surface area contributed by atoms with Gasteiger partial charge in [0.2, 0.25) is 15.9 Å². The summed E-state index contributed by atoms with van der Waals surface area (Å²) in [5.74, 6) is -3.65. The fourth-order valence-electron chi connectivity index (χ4n) is 3.97. The molecule has 0 fully saturated rings. The number of likely N-dealkylation sites (N-methyl/N-ethyl adjacent to an activating group) is 1. The Morgan fingerprint density at radius 3 is 2.40 bits per heavy atom. The molecule has 0 saturated heterocycles. The molecular formula is C25H23F2N3O4S. The quantitative estimate of drug-likeness (QED) is 0.545. The number of nitrogens with zero attached hydrogens (tertiary/aromatic N) is 1. The number of halogens is 2. The molecule has 3 aromatic rings. The maximum atomic E-state index is 13.7. The Hall–Kier alpha value is -3.63. The standard InChI is InChI=1S/C25H23F2N3O4S/c1-28-25(32)23(17-9-10-21(26)22(27)14-17)29-24(31)18-7-4-8-20(13-18)35(33,34)30-12-11-16-5-2-3-6-19(16)15-30/h2-10,13-14,23H,11-12,15H2,1H3,(H,28,32)(H,29,31). The van der Waals surface area contributed by atoms with E-state index in [1.807, 2.05) is 24.3 Å². The summed E-state index contributed by atoms with van der Waals surface area (Å²) in [6, 6.07) is 14.7. The van der Waals surface area contributed by atoms with Gasteiger partial charge in [-0.25, -0.2) is 17.2 Å². The minimum Gasteiger partial charge on any atom is -0.357 e. The van der Waals surface area contributed by atoms with Crippen molar-refractivity contribution in [3.8, 4) is 0 Å². The predicted octanol–water partition coefficient (Wildman–Crippen LogP) is 2.93. The Balaban J connectivity index is 1.58. The Morgan fingerprint density at radius 2 is 1.69 bits per heavy atom. The molecule has 0 aliphatic carbocycles. The third kappa shape index (κ3) is 5.08. The largest absolute Gasteiger partial charge is 0.357 e. The summed E-state index contributed by atoms with van der Waals surface area (Å²) in [5.41, 5.74) is 2.06. The molecule has 0 spiro atoms. The second-order valence-electron chi connectivity index (χ2n) is 8.08. The van der Waals surface area contributed by atoms with E-state index in [4.69, 9.17) is 0 Å². The number of nitrogens with one attached hydrogen (secondary N) is 2. The molecule has 182 valence electrons. The molecule has 2 N–H and O–H groups in total. The van der Waals surface area contributed by atoms with Crippen LogP contribution in [0.25, 0.3) is 0 Å². The molecule has 3 aromatic carbocycles. The van der Waals surface area contributed by atoms with E-state index in [0.717, 1.165) is 23.3 Å².